The molecule has 1 aliphatic rings. The van der Waals surface area contributed by atoms with E-state index < -0.39 is 5.97 Å². The monoisotopic (exact) mass is 254 g/mol. The maximum atomic E-state index is 10.4. The third-order valence-electron chi connectivity index (χ3n) is 2.57. The fraction of sp³-hybridized carbons (Fsp3) is 0.417. The summed E-state index contributed by atoms with van der Waals surface area (Å²) >= 11 is 1.43. The summed E-state index contributed by atoms with van der Waals surface area (Å²) in [4.78, 5) is 10.4. The predicted octanol–water partition coefficient (Wildman–Crippen LogP) is 2.08. The van der Waals surface area contributed by atoms with Crippen molar-refractivity contribution in [1.29, 1.82) is 0 Å². The Kier molecular flexibility index (Phi) is 3.78. The Hall–Kier alpha value is -1.36. The minimum absolute atomic E-state index is 0.156. The zero-order chi connectivity index (χ0) is 12.3. The van der Waals surface area contributed by atoms with E-state index in [1.165, 1.54) is 17.3 Å². The van der Waals surface area contributed by atoms with Crippen LogP contribution in [0.3, 0.4) is 0 Å². The largest absolute Gasteiger partial charge is 0.481 e. The molecule has 0 saturated carbocycles. The smallest absolute Gasteiger partial charge is 0.313 e. The van der Waals surface area contributed by atoms with Crippen molar-refractivity contribution < 1.29 is 19.4 Å². The number of ether oxygens (including phenoxy) is 2. The molecule has 1 aliphatic heterocycles. The van der Waals surface area contributed by atoms with E-state index in [1.54, 1.807) is 0 Å². The molecule has 1 heterocycles. The van der Waals surface area contributed by atoms with Crippen molar-refractivity contribution in [3.63, 3.8) is 0 Å². The van der Waals surface area contributed by atoms with Crippen molar-refractivity contribution in [2.45, 2.75) is 13.3 Å². The van der Waals surface area contributed by atoms with Gasteiger partial charge >= 0.3 is 5.97 Å². The first-order valence-electron chi connectivity index (χ1n) is 5.35. The summed E-state index contributed by atoms with van der Waals surface area (Å²) in [6, 6.07) is 3.96. The predicted molar refractivity (Wildman–Crippen MR) is 66.0 cm³/mol. The Balaban J connectivity index is 1.94. The molecule has 1 aromatic rings. The molecular weight excluding hydrogens is 240 g/mol. The molecule has 0 spiro atoms. The molecule has 4 nitrogen and oxygen atoms in total. The minimum atomic E-state index is -0.766. The number of benzene rings is 1. The SMILES string of the molecule is Cc1cc2c(cc1CCSCC(=O)O)OCO2. The average Bonchev–Trinajstić information content (AvgIpc) is 2.71. The number of carbonyl (C=O) groups is 1. The van der Waals surface area contributed by atoms with Gasteiger partial charge in [0.05, 0.1) is 5.75 Å². The average molecular weight is 254 g/mol. The molecule has 0 atom stereocenters. The summed E-state index contributed by atoms with van der Waals surface area (Å²) in [5, 5.41) is 8.53. The minimum Gasteiger partial charge on any atom is -0.481 e. The number of aryl methyl sites for hydroxylation is 2. The molecule has 0 aliphatic carbocycles. The van der Waals surface area contributed by atoms with Crippen LogP contribution in [0.15, 0.2) is 12.1 Å². The molecule has 1 N–H and O–H groups in total. The summed E-state index contributed by atoms with van der Waals surface area (Å²) < 4.78 is 10.6. The molecule has 0 aromatic heterocycles. The summed E-state index contributed by atoms with van der Waals surface area (Å²) in [5.41, 5.74) is 2.34. The van der Waals surface area contributed by atoms with Gasteiger partial charge in [-0.15, -0.1) is 11.8 Å². The molecular formula is C12H14O4S. The number of rotatable bonds is 5. The van der Waals surface area contributed by atoms with Crippen molar-refractivity contribution >= 4 is 17.7 Å². The van der Waals surface area contributed by atoms with E-state index in [4.69, 9.17) is 14.6 Å². The molecule has 5 heteroatoms. The maximum absolute atomic E-state index is 10.4. The molecule has 92 valence electrons. The Bertz CT molecular complexity index is 431. The highest BCUT2D eigenvalue weighted by Crippen LogP contribution is 2.34. The van der Waals surface area contributed by atoms with Gasteiger partial charge in [-0.1, -0.05) is 0 Å². The topological polar surface area (TPSA) is 55.8 Å². The third-order valence-corrected chi connectivity index (χ3v) is 3.52. The maximum Gasteiger partial charge on any atom is 0.313 e. The van der Waals surface area contributed by atoms with Gasteiger partial charge in [-0.3, -0.25) is 4.79 Å². The van der Waals surface area contributed by atoms with Gasteiger partial charge in [-0.2, -0.15) is 0 Å². The number of thioether (sulfide) groups is 1. The summed E-state index contributed by atoms with van der Waals surface area (Å²) in [5.74, 6) is 1.77. The molecule has 17 heavy (non-hydrogen) atoms. The van der Waals surface area contributed by atoms with Gasteiger partial charge in [-0.05, 0) is 42.4 Å². The highest BCUT2D eigenvalue weighted by molar-refractivity contribution is 7.99. The number of hydrogen-bond acceptors (Lipinski definition) is 4. The second kappa shape index (κ2) is 5.31. The number of fused-ring (bicyclic) bond motifs is 1. The second-order valence-corrected chi connectivity index (χ2v) is 4.93. The van der Waals surface area contributed by atoms with Crippen LogP contribution in [0.2, 0.25) is 0 Å². The Morgan fingerprint density at radius 1 is 1.41 bits per heavy atom. The van der Waals surface area contributed by atoms with E-state index in [2.05, 4.69) is 0 Å². The van der Waals surface area contributed by atoms with Gasteiger partial charge in [0.15, 0.2) is 11.5 Å². The van der Waals surface area contributed by atoms with Crippen LogP contribution < -0.4 is 9.47 Å². The van der Waals surface area contributed by atoms with E-state index in [0.717, 1.165) is 29.2 Å². The van der Waals surface area contributed by atoms with Gasteiger partial charge in [-0.25, -0.2) is 0 Å². The van der Waals surface area contributed by atoms with Crippen molar-refractivity contribution in [2.24, 2.45) is 0 Å². The lowest BCUT2D eigenvalue weighted by Crippen LogP contribution is -2.00. The fourth-order valence-corrected chi connectivity index (χ4v) is 2.38. The first kappa shape index (κ1) is 12.1. The van der Waals surface area contributed by atoms with E-state index in [1.807, 2.05) is 19.1 Å². The lowest BCUT2D eigenvalue weighted by Gasteiger charge is -2.06. The zero-order valence-electron chi connectivity index (χ0n) is 9.56. The lowest BCUT2D eigenvalue weighted by atomic mass is 10.1. The van der Waals surface area contributed by atoms with Crippen LogP contribution >= 0.6 is 11.8 Å². The van der Waals surface area contributed by atoms with Gasteiger partial charge in [0.2, 0.25) is 6.79 Å². The van der Waals surface area contributed by atoms with Crippen molar-refractivity contribution in [2.75, 3.05) is 18.3 Å². The molecule has 0 amide bonds. The zero-order valence-corrected chi connectivity index (χ0v) is 10.4. The van der Waals surface area contributed by atoms with Gasteiger partial charge in [0, 0.05) is 0 Å². The van der Waals surface area contributed by atoms with Crippen LogP contribution in [0.5, 0.6) is 11.5 Å². The molecule has 0 saturated heterocycles. The van der Waals surface area contributed by atoms with Crippen LogP contribution in [0.1, 0.15) is 11.1 Å². The molecule has 2 rings (SSSR count). The standard InChI is InChI=1S/C12H14O4S/c1-8-4-10-11(16-7-15-10)5-9(8)2-3-17-6-12(13)14/h4-5H,2-3,6-7H2,1H3,(H,13,14). The Morgan fingerprint density at radius 2 is 2.12 bits per heavy atom. The van der Waals surface area contributed by atoms with E-state index in [9.17, 15) is 4.79 Å². The van der Waals surface area contributed by atoms with Gasteiger partial charge in [0.1, 0.15) is 0 Å². The van der Waals surface area contributed by atoms with E-state index in [-0.39, 0.29) is 12.5 Å². The van der Waals surface area contributed by atoms with E-state index in [0.29, 0.717) is 0 Å². The van der Waals surface area contributed by atoms with Crippen LogP contribution in [0, 0.1) is 6.92 Å². The van der Waals surface area contributed by atoms with Crippen LogP contribution in [0.25, 0.3) is 0 Å². The number of hydrogen-bond donors (Lipinski definition) is 1. The first-order chi connectivity index (χ1) is 8.16. The molecule has 1 aromatic carbocycles. The fourth-order valence-electron chi connectivity index (χ4n) is 1.70. The van der Waals surface area contributed by atoms with Crippen LogP contribution in [-0.4, -0.2) is 29.4 Å². The van der Waals surface area contributed by atoms with Crippen molar-refractivity contribution in [3.8, 4) is 11.5 Å². The van der Waals surface area contributed by atoms with Gasteiger partial charge < -0.3 is 14.6 Å². The highest BCUT2D eigenvalue weighted by atomic mass is 32.2. The third kappa shape index (κ3) is 3.06. The second-order valence-electron chi connectivity index (χ2n) is 3.83. The van der Waals surface area contributed by atoms with Crippen LogP contribution in [0.4, 0.5) is 0 Å². The van der Waals surface area contributed by atoms with E-state index >= 15 is 0 Å². The molecule has 0 radical (unpaired) electrons. The normalized spacial score (nSPS) is 12.8. The Morgan fingerprint density at radius 3 is 2.82 bits per heavy atom. The molecule has 0 fully saturated rings. The number of carboxylic acids is 1. The van der Waals surface area contributed by atoms with Crippen molar-refractivity contribution in [1.82, 2.24) is 0 Å². The highest BCUT2D eigenvalue weighted by Gasteiger charge is 2.15. The quantitative estimate of drug-likeness (QED) is 0.815. The van der Waals surface area contributed by atoms with Crippen LogP contribution in [-0.2, 0) is 11.2 Å². The Labute approximate surface area is 104 Å². The number of aliphatic carboxylic acids is 1. The van der Waals surface area contributed by atoms with Gasteiger partial charge in [0.25, 0.3) is 0 Å². The summed E-state index contributed by atoms with van der Waals surface area (Å²) in [7, 11) is 0. The number of carboxylic acid groups (broad SMARTS) is 1. The first-order valence-corrected chi connectivity index (χ1v) is 6.51. The molecule has 0 unspecified atom stereocenters. The summed E-state index contributed by atoms with van der Waals surface area (Å²) in [6.45, 7) is 2.31. The lowest BCUT2D eigenvalue weighted by molar-refractivity contribution is -0.133. The molecule has 0 bridgehead atoms. The van der Waals surface area contributed by atoms with Crippen molar-refractivity contribution in [3.05, 3.63) is 23.3 Å². The summed E-state index contributed by atoms with van der Waals surface area (Å²) in [6.07, 6.45) is 0.848.